The molecule has 8 heteroatoms. The molecule has 27 heavy (non-hydrogen) atoms. The Kier molecular flexibility index (Phi) is 5.27. The number of fused-ring (bicyclic) bond motifs is 1. The van der Waals surface area contributed by atoms with Crippen LogP contribution in [-0.4, -0.2) is 33.0 Å². The minimum atomic E-state index is -0.351. The summed E-state index contributed by atoms with van der Waals surface area (Å²) in [6.07, 6.45) is 1.38. The summed E-state index contributed by atoms with van der Waals surface area (Å²) in [5.41, 5.74) is 0.965. The Bertz CT molecular complexity index is 1000. The third kappa shape index (κ3) is 4.71. The highest BCUT2D eigenvalue weighted by atomic mass is 32.1. The molecule has 142 valence electrons. The number of anilines is 1. The highest BCUT2D eigenvalue weighted by Crippen LogP contribution is 2.25. The number of hydrogen-bond donors (Lipinski definition) is 1. The van der Waals surface area contributed by atoms with Crippen LogP contribution in [0.2, 0.25) is 0 Å². The molecular weight excluding hydrogens is 362 g/mol. The molecule has 7 nitrogen and oxygen atoms in total. The maximum Gasteiger partial charge on any atom is 0.273 e. The standard InChI is InChI=1S/C19H23N5O2S/c1-19(2,3)22-14(25)11-24-12-20-16-15(17(24)26)27-18(21-16)23(4)10-13-8-6-5-7-9-13/h5-9,12H,10-11H2,1-4H3,(H,22,25). The number of carbonyl (C=O) groups excluding carboxylic acids is 1. The van der Waals surface area contributed by atoms with Crippen LogP contribution in [0.5, 0.6) is 0 Å². The van der Waals surface area contributed by atoms with Gasteiger partial charge in [-0.15, -0.1) is 0 Å². The van der Waals surface area contributed by atoms with E-state index in [0.717, 1.165) is 10.7 Å². The summed E-state index contributed by atoms with van der Waals surface area (Å²) in [6.45, 7) is 6.31. The van der Waals surface area contributed by atoms with Crippen LogP contribution in [0, 0.1) is 0 Å². The Hall–Kier alpha value is -2.74. The fraction of sp³-hybridized carbons (Fsp3) is 0.368. The smallest absolute Gasteiger partial charge is 0.273 e. The SMILES string of the molecule is CN(Cc1ccccc1)c1nc2ncn(CC(=O)NC(C)(C)C)c(=O)c2s1. The molecule has 0 fully saturated rings. The van der Waals surface area contributed by atoms with Gasteiger partial charge in [0.15, 0.2) is 10.8 Å². The van der Waals surface area contributed by atoms with Crippen molar-refractivity contribution in [3.8, 4) is 0 Å². The molecule has 0 radical (unpaired) electrons. The Labute approximate surface area is 161 Å². The molecule has 0 aliphatic heterocycles. The predicted molar refractivity (Wildman–Crippen MR) is 108 cm³/mol. The van der Waals surface area contributed by atoms with Gasteiger partial charge >= 0.3 is 0 Å². The molecule has 3 rings (SSSR count). The van der Waals surface area contributed by atoms with Crippen LogP contribution in [0.15, 0.2) is 41.5 Å². The van der Waals surface area contributed by atoms with Gasteiger partial charge in [0, 0.05) is 19.1 Å². The van der Waals surface area contributed by atoms with Crippen LogP contribution < -0.4 is 15.8 Å². The third-order valence-corrected chi connectivity index (χ3v) is 4.94. The normalized spacial score (nSPS) is 11.6. The van der Waals surface area contributed by atoms with Crippen LogP contribution in [-0.2, 0) is 17.9 Å². The minimum absolute atomic E-state index is 0.0634. The maximum absolute atomic E-state index is 12.7. The van der Waals surface area contributed by atoms with Crippen molar-refractivity contribution in [2.24, 2.45) is 0 Å². The van der Waals surface area contributed by atoms with Crippen molar-refractivity contribution in [2.75, 3.05) is 11.9 Å². The first-order chi connectivity index (χ1) is 12.7. The van der Waals surface area contributed by atoms with Gasteiger partial charge in [0.05, 0.1) is 0 Å². The first-order valence-electron chi connectivity index (χ1n) is 8.65. The van der Waals surface area contributed by atoms with Gasteiger partial charge in [-0.25, -0.2) is 4.98 Å². The molecule has 3 aromatic rings. The van der Waals surface area contributed by atoms with E-state index in [1.807, 2.05) is 63.1 Å². The lowest BCUT2D eigenvalue weighted by molar-refractivity contribution is -0.123. The van der Waals surface area contributed by atoms with Gasteiger partial charge in [0.1, 0.15) is 17.6 Å². The number of rotatable bonds is 5. The van der Waals surface area contributed by atoms with Crippen molar-refractivity contribution in [1.29, 1.82) is 0 Å². The number of aromatic nitrogens is 3. The number of carbonyl (C=O) groups is 1. The molecule has 2 aromatic heterocycles. The number of nitrogens with one attached hydrogen (secondary N) is 1. The minimum Gasteiger partial charge on any atom is -0.350 e. The van der Waals surface area contributed by atoms with Crippen molar-refractivity contribution in [1.82, 2.24) is 19.9 Å². The number of nitrogens with zero attached hydrogens (tertiary/aromatic N) is 4. The van der Waals surface area contributed by atoms with Crippen LogP contribution in [0.3, 0.4) is 0 Å². The Morgan fingerprint density at radius 3 is 2.63 bits per heavy atom. The lowest BCUT2D eigenvalue weighted by Gasteiger charge is -2.20. The fourth-order valence-electron chi connectivity index (χ4n) is 2.65. The van der Waals surface area contributed by atoms with Crippen LogP contribution in [0.25, 0.3) is 10.3 Å². The average Bonchev–Trinajstić information content (AvgIpc) is 3.02. The van der Waals surface area contributed by atoms with Crippen molar-refractivity contribution in [3.63, 3.8) is 0 Å². The summed E-state index contributed by atoms with van der Waals surface area (Å²) in [6, 6.07) is 10.0. The second-order valence-electron chi connectivity index (χ2n) is 7.47. The van der Waals surface area contributed by atoms with Crippen molar-refractivity contribution in [2.45, 2.75) is 39.4 Å². The van der Waals surface area contributed by atoms with Gasteiger partial charge < -0.3 is 10.2 Å². The van der Waals surface area contributed by atoms with E-state index in [1.54, 1.807) is 0 Å². The van der Waals surface area contributed by atoms with Crippen molar-refractivity contribution in [3.05, 3.63) is 52.6 Å². The molecule has 0 aliphatic carbocycles. The van der Waals surface area contributed by atoms with E-state index in [-0.39, 0.29) is 23.6 Å². The van der Waals surface area contributed by atoms with E-state index in [9.17, 15) is 9.59 Å². The second-order valence-corrected chi connectivity index (χ2v) is 8.44. The second kappa shape index (κ2) is 7.48. The van der Waals surface area contributed by atoms with E-state index in [4.69, 9.17) is 0 Å². The Morgan fingerprint density at radius 2 is 1.96 bits per heavy atom. The quantitative estimate of drug-likeness (QED) is 0.729. The summed E-state index contributed by atoms with van der Waals surface area (Å²) in [5, 5.41) is 3.56. The van der Waals surface area contributed by atoms with Gasteiger partial charge in [0.25, 0.3) is 5.56 Å². The average molecular weight is 385 g/mol. The van der Waals surface area contributed by atoms with Crippen LogP contribution >= 0.6 is 11.3 Å². The molecule has 0 unspecified atom stereocenters. The maximum atomic E-state index is 12.7. The highest BCUT2D eigenvalue weighted by Gasteiger charge is 2.17. The molecule has 0 bridgehead atoms. The zero-order valence-electron chi connectivity index (χ0n) is 15.9. The summed E-state index contributed by atoms with van der Waals surface area (Å²) in [7, 11) is 1.93. The topological polar surface area (TPSA) is 80.1 Å². The number of thiazole rings is 1. The zero-order valence-corrected chi connectivity index (χ0v) is 16.7. The number of amides is 1. The van der Waals surface area contributed by atoms with Crippen molar-refractivity contribution >= 4 is 32.7 Å². The van der Waals surface area contributed by atoms with Gasteiger partial charge in [-0.1, -0.05) is 41.7 Å². The molecule has 0 saturated carbocycles. The van der Waals surface area contributed by atoms with E-state index in [2.05, 4.69) is 15.3 Å². The van der Waals surface area contributed by atoms with Gasteiger partial charge in [0.2, 0.25) is 5.91 Å². The van der Waals surface area contributed by atoms with Crippen LogP contribution in [0.1, 0.15) is 26.3 Å². The van der Waals surface area contributed by atoms with Gasteiger partial charge in [-0.05, 0) is 26.3 Å². The number of hydrogen-bond acceptors (Lipinski definition) is 6. The lowest BCUT2D eigenvalue weighted by Crippen LogP contribution is -2.43. The monoisotopic (exact) mass is 385 g/mol. The van der Waals surface area contributed by atoms with Crippen LogP contribution in [0.4, 0.5) is 5.13 Å². The van der Waals surface area contributed by atoms with Crippen molar-refractivity contribution < 1.29 is 4.79 Å². The fourth-order valence-corrected chi connectivity index (χ4v) is 3.58. The largest absolute Gasteiger partial charge is 0.350 e. The molecular formula is C19H23N5O2S. The summed E-state index contributed by atoms with van der Waals surface area (Å²) < 4.78 is 1.78. The van der Waals surface area contributed by atoms with E-state index in [0.29, 0.717) is 16.9 Å². The molecule has 0 atom stereocenters. The molecule has 1 amide bonds. The number of benzene rings is 1. The zero-order chi connectivity index (χ0) is 19.6. The van der Waals surface area contributed by atoms with Gasteiger partial charge in [-0.3, -0.25) is 14.2 Å². The Morgan fingerprint density at radius 1 is 1.26 bits per heavy atom. The Balaban J connectivity index is 1.82. The summed E-state index contributed by atoms with van der Waals surface area (Å²) >= 11 is 1.29. The van der Waals surface area contributed by atoms with E-state index in [1.165, 1.54) is 22.2 Å². The summed E-state index contributed by atoms with van der Waals surface area (Å²) in [4.78, 5) is 35.5. The lowest BCUT2D eigenvalue weighted by atomic mass is 10.1. The molecule has 1 N–H and O–H groups in total. The van der Waals surface area contributed by atoms with Gasteiger partial charge in [-0.2, -0.15) is 4.98 Å². The highest BCUT2D eigenvalue weighted by molar-refractivity contribution is 7.22. The first kappa shape index (κ1) is 19.0. The molecule has 0 spiro atoms. The molecule has 0 saturated heterocycles. The van der Waals surface area contributed by atoms with E-state index < -0.39 is 0 Å². The summed E-state index contributed by atoms with van der Waals surface area (Å²) in [5.74, 6) is -0.225. The first-order valence-corrected chi connectivity index (χ1v) is 9.46. The third-order valence-electron chi connectivity index (χ3n) is 3.79. The predicted octanol–water partition coefficient (Wildman–Crippen LogP) is 2.40. The van der Waals surface area contributed by atoms with E-state index >= 15 is 0 Å². The molecule has 2 heterocycles. The molecule has 1 aromatic carbocycles. The molecule has 0 aliphatic rings.